The highest BCUT2D eigenvalue weighted by atomic mass is 32.1. The second-order valence-electron chi connectivity index (χ2n) is 2.41. The van der Waals surface area contributed by atoms with Crippen LogP contribution >= 0.6 is 11.5 Å². The van der Waals surface area contributed by atoms with Crippen LogP contribution in [0.25, 0.3) is 0 Å². The highest BCUT2D eigenvalue weighted by Gasteiger charge is 2.00. The standard InChI is InChI=1S/C7H12N2S/c1-2-7(8)3-6-4-9-10-5-6/h4-5,7H,2-3,8H2,1H3. The zero-order chi connectivity index (χ0) is 7.40. The highest BCUT2D eigenvalue weighted by Crippen LogP contribution is 2.05. The van der Waals surface area contributed by atoms with Gasteiger partial charge in [-0.2, -0.15) is 0 Å². The molecule has 0 amide bonds. The van der Waals surface area contributed by atoms with Crippen LogP contribution in [0.1, 0.15) is 18.9 Å². The van der Waals surface area contributed by atoms with E-state index in [0.29, 0.717) is 6.04 Å². The second kappa shape index (κ2) is 3.68. The Morgan fingerprint density at radius 3 is 3.10 bits per heavy atom. The SMILES string of the molecule is CCC(N)Cc1cnsc1. The first-order chi connectivity index (χ1) is 4.83. The summed E-state index contributed by atoms with van der Waals surface area (Å²) in [5.74, 6) is 0. The molecule has 56 valence electrons. The minimum atomic E-state index is 0.302. The maximum absolute atomic E-state index is 5.74. The molecule has 1 unspecified atom stereocenters. The smallest absolute Gasteiger partial charge is 0.0439 e. The van der Waals surface area contributed by atoms with Crippen LogP contribution in [0, 0.1) is 0 Å². The number of nitrogens with two attached hydrogens (primary N) is 1. The quantitative estimate of drug-likeness (QED) is 0.719. The molecule has 0 aliphatic heterocycles. The Morgan fingerprint density at radius 1 is 1.80 bits per heavy atom. The topological polar surface area (TPSA) is 38.9 Å². The van der Waals surface area contributed by atoms with Crippen molar-refractivity contribution in [1.29, 1.82) is 0 Å². The molecule has 0 spiro atoms. The molecule has 10 heavy (non-hydrogen) atoms. The van der Waals surface area contributed by atoms with E-state index < -0.39 is 0 Å². The average molecular weight is 156 g/mol. The highest BCUT2D eigenvalue weighted by molar-refractivity contribution is 7.03. The maximum Gasteiger partial charge on any atom is 0.0439 e. The molecule has 0 saturated carbocycles. The average Bonchev–Trinajstić information content (AvgIpc) is 2.40. The van der Waals surface area contributed by atoms with Crippen molar-refractivity contribution < 1.29 is 0 Å². The third-order valence-corrected chi connectivity index (χ3v) is 2.14. The van der Waals surface area contributed by atoms with Gasteiger partial charge in [-0.1, -0.05) is 6.92 Å². The van der Waals surface area contributed by atoms with E-state index in [1.165, 1.54) is 17.1 Å². The third-order valence-electron chi connectivity index (χ3n) is 1.51. The van der Waals surface area contributed by atoms with Crippen LogP contribution in [0.5, 0.6) is 0 Å². The van der Waals surface area contributed by atoms with Gasteiger partial charge in [0.25, 0.3) is 0 Å². The van der Waals surface area contributed by atoms with Gasteiger partial charge in [0.15, 0.2) is 0 Å². The minimum Gasteiger partial charge on any atom is -0.327 e. The largest absolute Gasteiger partial charge is 0.327 e. The van der Waals surface area contributed by atoms with Gasteiger partial charge in [0.05, 0.1) is 0 Å². The van der Waals surface area contributed by atoms with Gasteiger partial charge >= 0.3 is 0 Å². The summed E-state index contributed by atoms with van der Waals surface area (Å²) in [4.78, 5) is 0. The molecule has 0 bridgehead atoms. The van der Waals surface area contributed by atoms with Crippen LogP contribution in [0.4, 0.5) is 0 Å². The van der Waals surface area contributed by atoms with E-state index in [0.717, 1.165) is 12.8 Å². The van der Waals surface area contributed by atoms with Crippen LogP contribution in [0.15, 0.2) is 11.6 Å². The molecule has 1 rings (SSSR count). The number of nitrogens with zero attached hydrogens (tertiary/aromatic N) is 1. The molecule has 1 atom stereocenters. The molecule has 1 aromatic heterocycles. The van der Waals surface area contributed by atoms with Crippen molar-refractivity contribution in [3.8, 4) is 0 Å². The molecule has 2 nitrogen and oxygen atoms in total. The summed E-state index contributed by atoms with van der Waals surface area (Å²) in [5.41, 5.74) is 7.00. The summed E-state index contributed by atoms with van der Waals surface area (Å²) in [5, 5.41) is 2.05. The fourth-order valence-corrected chi connectivity index (χ4v) is 1.32. The molecule has 2 N–H and O–H groups in total. The first kappa shape index (κ1) is 7.69. The zero-order valence-corrected chi connectivity index (χ0v) is 6.90. The lowest BCUT2D eigenvalue weighted by Gasteiger charge is -2.04. The van der Waals surface area contributed by atoms with Crippen LogP contribution < -0.4 is 5.73 Å². The molecule has 0 aromatic carbocycles. The number of rotatable bonds is 3. The summed E-state index contributed by atoms with van der Waals surface area (Å²) in [6, 6.07) is 0.302. The Hall–Kier alpha value is -0.410. The summed E-state index contributed by atoms with van der Waals surface area (Å²) in [6.07, 6.45) is 3.89. The maximum atomic E-state index is 5.74. The fourth-order valence-electron chi connectivity index (χ4n) is 0.775. The predicted octanol–water partition coefficient (Wildman–Crippen LogP) is 1.42. The van der Waals surface area contributed by atoms with Gasteiger partial charge in [-0.05, 0) is 29.9 Å². The van der Waals surface area contributed by atoms with E-state index >= 15 is 0 Å². The fraction of sp³-hybridized carbons (Fsp3) is 0.571. The third kappa shape index (κ3) is 2.08. The van der Waals surface area contributed by atoms with Crippen LogP contribution in [-0.2, 0) is 6.42 Å². The van der Waals surface area contributed by atoms with Gasteiger partial charge in [0, 0.05) is 17.6 Å². The molecule has 1 aromatic rings. The van der Waals surface area contributed by atoms with E-state index in [9.17, 15) is 0 Å². The first-order valence-electron chi connectivity index (χ1n) is 3.46. The minimum absolute atomic E-state index is 0.302. The van der Waals surface area contributed by atoms with Crippen LogP contribution in [0.3, 0.4) is 0 Å². The van der Waals surface area contributed by atoms with Gasteiger partial charge in [-0.15, -0.1) is 0 Å². The summed E-state index contributed by atoms with van der Waals surface area (Å²) >= 11 is 1.49. The Balaban J connectivity index is 2.40. The summed E-state index contributed by atoms with van der Waals surface area (Å²) < 4.78 is 4.00. The molecule has 3 heteroatoms. The zero-order valence-electron chi connectivity index (χ0n) is 6.08. The van der Waals surface area contributed by atoms with Gasteiger partial charge in [0.2, 0.25) is 0 Å². The van der Waals surface area contributed by atoms with E-state index in [-0.39, 0.29) is 0 Å². The molecule has 0 radical (unpaired) electrons. The summed E-state index contributed by atoms with van der Waals surface area (Å²) in [7, 11) is 0. The lowest BCUT2D eigenvalue weighted by atomic mass is 10.1. The molecule has 1 heterocycles. The van der Waals surface area contributed by atoms with Gasteiger partial charge in [0.1, 0.15) is 0 Å². The predicted molar refractivity (Wildman–Crippen MR) is 44.1 cm³/mol. The van der Waals surface area contributed by atoms with Gasteiger partial charge in [-0.25, -0.2) is 4.37 Å². The summed E-state index contributed by atoms with van der Waals surface area (Å²) in [6.45, 7) is 2.10. The van der Waals surface area contributed by atoms with Gasteiger partial charge < -0.3 is 5.73 Å². The van der Waals surface area contributed by atoms with Crippen molar-refractivity contribution >= 4 is 11.5 Å². The van der Waals surface area contributed by atoms with Crippen molar-refractivity contribution in [3.63, 3.8) is 0 Å². The Morgan fingerprint density at radius 2 is 2.60 bits per heavy atom. The Bertz CT molecular complexity index is 172. The van der Waals surface area contributed by atoms with E-state index in [4.69, 9.17) is 5.73 Å². The molecule has 0 fully saturated rings. The van der Waals surface area contributed by atoms with E-state index in [1.54, 1.807) is 0 Å². The monoisotopic (exact) mass is 156 g/mol. The van der Waals surface area contributed by atoms with Gasteiger partial charge in [-0.3, -0.25) is 0 Å². The second-order valence-corrected chi connectivity index (χ2v) is 3.06. The van der Waals surface area contributed by atoms with Crippen molar-refractivity contribution in [2.45, 2.75) is 25.8 Å². The van der Waals surface area contributed by atoms with Crippen LogP contribution in [0.2, 0.25) is 0 Å². The van der Waals surface area contributed by atoms with E-state index in [1.807, 2.05) is 6.20 Å². The van der Waals surface area contributed by atoms with Crippen molar-refractivity contribution in [2.24, 2.45) is 5.73 Å². The van der Waals surface area contributed by atoms with Crippen molar-refractivity contribution in [1.82, 2.24) is 4.37 Å². The lowest BCUT2D eigenvalue weighted by Crippen LogP contribution is -2.20. The number of hydrogen-bond acceptors (Lipinski definition) is 3. The van der Waals surface area contributed by atoms with Crippen molar-refractivity contribution in [3.05, 3.63) is 17.1 Å². The van der Waals surface area contributed by atoms with Crippen molar-refractivity contribution in [2.75, 3.05) is 0 Å². The number of hydrogen-bond donors (Lipinski definition) is 1. The molecule has 0 aliphatic rings. The first-order valence-corrected chi connectivity index (χ1v) is 4.30. The molecular formula is C7H12N2S. The van der Waals surface area contributed by atoms with Crippen LogP contribution in [-0.4, -0.2) is 10.4 Å². The normalized spacial score (nSPS) is 13.4. The Kier molecular flexibility index (Phi) is 2.83. The number of aromatic nitrogens is 1. The lowest BCUT2D eigenvalue weighted by molar-refractivity contribution is 0.647. The molecule has 0 saturated heterocycles. The molecular weight excluding hydrogens is 144 g/mol. The Labute approximate surface area is 65.2 Å². The molecule has 0 aliphatic carbocycles. The van der Waals surface area contributed by atoms with E-state index in [2.05, 4.69) is 16.7 Å².